The molecule has 1 atom stereocenters. The molecule has 1 aromatic heterocycles. The van der Waals surface area contributed by atoms with E-state index in [0.717, 1.165) is 12.8 Å². The molecule has 0 aromatic carbocycles. The van der Waals surface area contributed by atoms with Gasteiger partial charge < -0.3 is 15.0 Å². The van der Waals surface area contributed by atoms with Crippen molar-refractivity contribution in [1.29, 1.82) is 0 Å². The molecule has 0 spiro atoms. The van der Waals surface area contributed by atoms with Crippen LogP contribution in [0.4, 0.5) is 0 Å². The fourth-order valence-corrected chi connectivity index (χ4v) is 2.55. The molecule has 5 nitrogen and oxygen atoms in total. The molecule has 1 amide bonds. The molecular formula is C16H24N2O3. The van der Waals surface area contributed by atoms with E-state index in [4.69, 9.17) is 0 Å². The molecule has 0 aliphatic heterocycles. The second-order valence-corrected chi connectivity index (χ2v) is 7.04. The number of carboxylic acid groups (broad SMARTS) is 1. The number of nitrogens with zero attached hydrogens (tertiary/aromatic N) is 1. The number of aliphatic carboxylic acids is 1. The highest BCUT2D eigenvalue weighted by Gasteiger charge is 2.28. The molecule has 1 saturated carbocycles. The SMILES string of the molecule is CC(C)(C)CC(CNC(=O)c1cccn1C1CC1)C(=O)O. The summed E-state index contributed by atoms with van der Waals surface area (Å²) in [5.74, 6) is -1.60. The van der Waals surface area contributed by atoms with Crippen molar-refractivity contribution < 1.29 is 14.7 Å². The Kier molecular flexibility index (Phi) is 4.40. The second-order valence-electron chi connectivity index (χ2n) is 7.04. The normalized spacial score (nSPS) is 16.5. The predicted octanol–water partition coefficient (Wildman–Crippen LogP) is 2.69. The highest BCUT2D eigenvalue weighted by molar-refractivity contribution is 5.93. The van der Waals surface area contributed by atoms with E-state index in [1.807, 2.05) is 37.6 Å². The molecule has 0 radical (unpaired) electrons. The Labute approximate surface area is 125 Å². The van der Waals surface area contributed by atoms with Gasteiger partial charge in [0.25, 0.3) is 5.91 Å². The van der Waals surface area contributed by atoms with Crippen LogP contribution >= 0.6 is 0 Å². The topological polar surface area (TPSA) is 71.3 Å². The minimum absolute atomic E-state index is 0.0813. The lowest BCUT2D eigenvalue weighted by molar-refractivity contribution is -0.142. The lowest BCUT2D eigenvalue weighted by atomic mass is 9.84. The number of carbonyl (C=O) groups is 2. The zero-order valence-corrected chi connectivity index (χ0v) is 12.9. The van der Waals surface area contributed by atoms with E-state index in [9.17, 15) is 14.7 Å². The van der Waals surface area contributed by atoms with Crippen LogP contribution in [-0.4, -0.2) is 28.1 Å². The fraction of sp³-hybridized carbons (Fsp3) is 0.625. The first kappa shape index (κ1) is 15.6. The average Bonchev–Trinajstić information content (AvgIpc) is 3.10. The van der Waals surface area contributed by atoms with Crippen LogP contribution in [0.2, 0.25) is 0 Å². The van der Waals surface area contributed by atoms with Crippen LogP contribution in [0.3, 0.4) is 0 Å². The first-order valence-corrected chi connectivity index (χ1v) is 7.46. The monoisotopic (exact) mass is 292 g/mol. The van der Waals surface area contributed by atoms with Crippen molar-refractivity contribution in [2.75, 3.05) is 6.54 Å². The molecule has 0 bridgehead atoms. The van der Waals surface area contributed by atoms with Crippen LogP contribution in [0.25, 0.3) is 0 Å². The first-order valence-electron chi connectivity index (χ1n) is 7.46. The van der Waals surface area contributed by atoms with Crippen molar-refractivity contribution in [3.05, 3.63) is 24.0 Å². The van der Waals surface area contributed by atoms with Crippen LogP contribution in [0.5, 0.6) is 0 Å². The summed E-state index contributed by atoms with van der Waals surface area (Å²) in [5.41, 5.74) is 0.541. The van der Waals surface area contributed by atoms with Crippen LogP contribution in [-0.2, 0) is 4.79 Å². The maximum atomic E-state index is 12.2. The minimum Gasteiger partial charge on any atom is -0.481 e. The smallest absolute Gasteiger partial charge is 0.308 e. The number of aromatic nitrogens is 1. The van der Waals surface area contributed by atoms with Gasteiger partial charge in [-0.05, 0) is 36.8 Å². The van der Waals surface area contributed by atoms with Crippen molar-refractivity contribution in [3.8, 4) is 0 Å². The molecule has 116 valence electrons. The van der Waals surface area contributed by atoms with Crippen LogP contribution in [0, 0.1) is 11.3 Å². The lowest BCUT2D eigenvalue weighted by Gasteiger charge is -2.23. The summed E-state index contributed by atoms with van der Waals surface area (Å²) in [7, 11) is 0. The van der Waals surface area contributed by atoms with E-state index in [2.05, 4.69) is 5.32 Å². The van der Waals surface area contributed by atoms with Crippen molar-refractivity contribution in [2.24, 2.45) is 11.3 Å². The summed E-state index contributed by atoms with van der Waals surface area (Å²) in [4.78, 5) is 23.5. The lowest BCUT2D eigenvalue weighted by Crippen LogP contribution is -2.35. The third-order valence-corrected chi connectivity index (χ3v) is 3.67. The molecule has 1 fully saturated rings. The number of carboxylic acids is 1. The largest absolute Gasteiger partial charge is 0.481 e. The maximum absolute atomic E-state index is 12.2. The van der Waals surface area contributed by atoms with Gasteiger partial charge in [0.1, 0.15) is 5.69 Å². The summed E-state index contributed by atoms with van der Waals surface area (Å²) in [5, 5.41) is 12.0. The number of rotatable bonds is 6. The molecule has 1 aromatic rings. The molecule has 2 N–H and O–H groups in total. The zero-order valence-electron chi connectivity index (χ0n) is 12.9. The Morgan fingerprint density at radius 3 is 2.62 bits per heavy atom. The van der Waals surface area contributed by atoms with E-state index < -0.39 is 11.9 Å². The number of carbonyl (C=O) groups excluding carboxylic acids is 1. The van der Waals surface area contributed by atoms with Crippen molar-refractivity contribution in [3.63, 3.8) is 0 Å². The van der Waals surface area contributed by atoms with Gasteiger partial charge in [-0.1, -0.05) is 20.8 Å². The molecule has 1 heterocycles. The summed E-state index contributed by atoms with van der Waals surface area (Å²) >= 11 is 0. The van der Waals surface area contributed by atoms with E-state index >= 15 is 0 Å². The molecule has 0 saturated heterocycles. The average molecular weight is 292 g/mol. The Morgan fingerprint density at radius 2 is 2.10 bits per heavy atom. The van der Waals surface area contributed by atoms with Gasteiger partial charge in [0.05, 0.1) is 5.92 Å². The standard InChI is InChI=1S/C16H24N2O3/c1-16(2,3)9-11(15(20)21)10-17-14(19)13-5-4-8-18(13)12-6-7-12/h4-5,8,11-12H,6-7,9-10H2,1-3H3,(H,17,19)(H,20,21). The Morgan fingerprint density at radius 1 is 1.43 bits per heavy atom. The first-order chi connectivity index (χ1) is 9.78. The predicted molar refractivity (Wildman–Crippen MR) is 80.2 cm³/mol. The third kappa shape index (κ3) is 4.34. The van der Waals surface area contributed by atoms with Gasteiger partial charge in [-0.3, -0.25) is 9.59 Å². The van der Waals surface area contributed by atoms with E-state index in [1.54, 1.807) is 6.07 Å². The molecular weight excluding hydrogens is 268 g/mol. The van der Waals surface area contributed by atoms with Crippen LogP contribution in [0.15, 0.2) is 18.3 Å². The fourth-order valence-electron chi connectivity index (χ4n) is 2.55. The van der Waals surface area contributed by atoms with E-state index in [1.165, 1.54) is 0 Å². The van der Waals surface area contributed by atoms with Crippen molar-refractivity contribution >= 4 is 11.9 Å². The molecule has 1 aliphatic rings. The Hall–Kier alpha value is -1.78. The Bertz CT molecular complexity index is 524. The van der Waals surface area contributed by atoms with Gasteiger partial charge in [0.15, 0.2) is 0 Å². The number of nitrogens with one attached hydrogen (secondary N) is 1. The Balaban J connectivity index is 1.95. The van der Waals surface area contributed by atoms with Gasteiger partial charge in [-0.15, -0.1) is 0 Å². The molecule has 1 unspecified atom stereocenters. The minimum atomic E-state index is -0.859. The van der Waals surface area contributed by atoms with Crippen molar-refractivity contribution in [1.82, 2.24) is 9.88 Å². The number of hydrogen-bond acceptors (Lipinski definition) is 2. The zero-order chi connectivity index (χ0) is 15.6. The number of amides is 1. The van der Waals surface area contributed by atoms with Crippen molar-refractivity contribution in [2.45, 2.75) is 46.1 Å². The van der Waals surface area contributed by atoms with Gasteiger partial charge in [-0.2, -0.15) is 0 Å². The van der Waals surface area contributed by atoms with Crippen LogP contribution < -0.4 is 5.32 Å². The summed E-state index contributed by atoms with van der Waals surface area (Å²) in [6, 6.07) is 4.08. The quantitative estimate of drug-likeness (QED) is 0.846. The molecule has 2 rings (SSSR count). The number of hydrogen-bond donors (Lipinski definition) is 2. The van der Waals surface area contributed by atoms with E-state index in [-0.39, 0.29) is 17.9 Å². The molecule has 21 heavy (non-hydrogen) atoms. The van der Waals surface area contributed by atoms with Gasteiger partial charge >= 0.3 is 5.97 Å². The van der Waals surface area contributed by atoms with Gasteiger partial charge in [-0.25, -0.2) is 0 Å². The molecule has 5 heteroatoms. The maximum Gasteiger partial charge on any atom is 0.308 e. The van der Waals surface area contributed by atoms with E-state index in [0.29, 0.717) is 18.2 Å². The summed E-state index contributed by atoms with van der Waals surface area (Å²) in [6.07, 6.45) is 4.66. The summed E-state index contributed by atoms with van der Waals surface area (Å²) < 4.78 is 1.98. The highest BCUT2D eigenvalue weighted by Crippen LogP contribution is 2.36. The second kappa shape index (κ2) is 5.92. The van der Waals surface area contributed by atoms with Crippen LogP contribution in [0.1, 0.15) is 56.6 Å². The summed E-state index contributed by atoms with van der Waals surface area (Å²) in [6.45, 7) is 6.18. The van der Waals surface area contributed by atoms with Gasteiger partial charge in [0, 0.05) is 18.8 Å². The molecule has 1 aliphatic carbocycles. The third-order valence-electron chi connectivity index (χ3n) is 3.67. The highest BCUT2D eigenvalue weighted by atomic mass is 16.4. The van der Waals surface area contributed by atoms with Gasteiger partial charge in [0.2, 0.25) is 0 Å².